The van der Waals surface area contributed by atoms with Crippen LogP contribution in [0.2, 0.25) is 0 Å². The van der Waals surface area contributed by atoms with Crippen molar-refractivity contribution in [1.29, 1.82) is 5.26 Å². The van der Waals surface area contributed by atoms with E-state index in [1.165, 1.54) is 5.56 Å². The van der Waals surface area contributed by atoms with Gasteiger partial charge in [-0.1, -0.05) is 27.2 Å². The van der Waals surface area contributed by atoms with Gasteiger partial charge in [0, 0.05) is 22.9 Å². The van der Waals surface area contributed by atoms with Crippen molar-refractivity contribution in [2.24, 2.45) is 0 Å². The average Bonchev–Trinajstić information content (AvgIpc) is 2.78. The number of hydrogen-bond acceptors (Lipinski definition) is 4. The van der Waals surface area contributed by atoms with E-state index in [-0.39, 0.29) is 0 Å². The normalized spacial score (nSPS) is 10.3. The first kappa shape index (κ1) is 12.8. The molecule has 0 saturated carbocycles. The zero-order chi connectivity index (χ0) is 13.0. The van der Waals surface area contributed by atoms with Gasteiger partial charge in [-0.15, -0.1) is 0 Å². The van der Waals surface area contributed by atoms with Gasteiger partial charge in [-0.05, 0) is 31.0 Å². The molecule has 0 atom stereocenters. The van der Waals surface area contributed by atoms with Crippen LogP contribution in [0.25, 0.3) is 11.4 Å². The summed E-state index contributed by atoms with van der Waals surface area (Å²) in [4.78, 5) is 4.33. The quantitative estimate of drug-likeness (QED) is 0.809. The van der Waals surface area contributed by atoms with Crippen molar-refractivity contribution < 1.29 is 4.52 Å². The summed E-state index contributed by atoms with van der Waals surface area (Å²) >= 11 is 3.49. The van der Waals surface area contributed by atoms with E-state index in [1.807, 2.05) is 25.1 Å². The number of benzene rings is 1. The zero-order valence-electron chi connectivity index (χ0n) is 9.98. The van der Waals surface area contributed by atoms with Gasteiger partial charge in [0.25, 0.3) is 0 Å². The minimum atomic E-state index is 0.506. The standard InChI is InChI=1S/C13H12BrN3O/c1-9-5-6-10(11(14)8-9)13-16-12(18-17-13)4-2-3-7-15/h5-6,8H,2-4H2,1H3. The van der Waals surface area contributed by atoms with Gasteiger partial charge < -0.3 is 4.52 Å². The highest BCUT2D eigenvalue weighted by Crippen LogP contribution is 2.27. The van der Waals surface area contributed by atoms with Gasteiger partial charge in [-0.25, -0.2) is 0 Å². The molecule has 0 radical (unpaired) electrons. The van der Waals surface area contributed by atoms with E-state index in [2.05, 4.69) is 32.1 Å². The minimum Gasteiger partial charge on any atom is -0.339 e. The molecule has 1 aromatic carbocycles. The Morgan fingerprint density at radius 2 is 2.28 bits per heavy atom. The average molecular weight is 306 g/mol. The Morgan fingerprint density at radius 1 is 1.44 bits per heavy atom. The van der Waals surface area contributed by atoms with Crippen molar-refractivity contribution in [3.63, 3.8) is 0 Å². The van der Waals surface area contributed by atoms with Crippen molar-refractivity contribution in [2.75, 3.05) is 0 Å². The summed E-state index contributed by atoms with van der Waals surface area (Å²) < 4.78 is 6.11. The fourth-order valence-corrected chi connectivity index (χ4v) is 2.26. The summed E-state index contributed by atoms with van der Waals surface area (Å²) in [7, 11) is 0. The third-order valence-electron chi connectivity index (χ3n) is 2.51. The van der Waals surface area contributed by atoms with E-state index in [4.69, 9.17) is 9.78 Å². The van der Waals surface area contributed by atoms with Gasteiger partial charge in [0.1, 0.15) is 0 Å². The molecule has 1 aromatic heterocycles. The third kappa shape index (κ3) is 2.96. The van der Waals surface area contributed by atoms with Gasteiger partial charge >= 0.3 is 0 Å². The number of nitrogens with zero attached hydrogens (tertiary/aromatic N) is 3. The van der Waals surface area contributed by atoms with Crippen molar-refractivity contribution in [3.05, 3.63) is 34.1 Å². The topological polar surface area (TPSA) is 62.7 Å². The van der Waals surface area contributed by atoms with Crippen molar-refractivity contribution in [2.45, 2.75) is 26.2 Å². The number of unbranched alkanes of at least 4 members (excludes halogenated alkanes) is 1. The van der Waals surface area contributed by atoms with Gasteiger partial charge in [-0.2, -0.15) is 10.2 Å². The van der Waals surface area contributed by atoms with Gasteiger partial charge in [0.05, 0.1) is 6.07 Å². The molecule has 0 saturated heterocycles. The van der Waals surface area contributed by atoms with Crippen LogP contribution in [0.15, 0.2) is 27.2 Å². The fourth-order valence-electron chi connectivity index (χ4n) is 1.59. The van der Waals surface area contributed by atoms with E-state index in [9.17, 15) is 0 Å². The zero-order valence-corrected chi connectivity index (χ0v) is 11.6. The van der Waals surface area contributed by atoms with Crippen LogP contribution in [-0.4, -0.2) is 10.1 Å². The molecule has 0 bridgehead atoms. The second-order valence-electron chi connectivity index (χ2n) is 4.01. The Hall–Kier alpha value is -1.67. The number of rotatable bonds is 4. The fraction of sp³-hybridized carbons (Fsp3) is 0.308. The molecule has 0 aliphatic carbocycles. The van der Waals surface area contributed by atoms with Crippen LogP contribution < -0.4 is 0 Å². The summed E-state index contributed by atoms with van der Waals surface area (Å²) in [5.74, 6) is 1.15. The monoisotopic (exact) mass is 305 g/mol. The molecule has 0 aliphatic heterocycles. The van der Waals surface area contributed by atoms with Crippen LogP contribution in [0.4, 0.5) is 0 Å². The van der Waals surface area contributed by atoms with Gasteiger partial charge in [-0.3, -0.25) is 0 Å². The van der Waals surface area contributed by atoms with Crippen LogP contribution in [0, 0.1) is 18.3 Å². The molecular formula is C13H12BrN3O. The number of nitriles is 1. The lowest BCUT2D eigenvalue weighted by Gasteiger charge is -1.99. The molecule has 18 heavy (non-hydrogen) atoms. The summed E-state index contributed by atoms with van der Waals surface area (Å²) in [6.07, 6.45) is 1.89. The number of halogens is 1. The summed E-state index contributed by atoms with van der Waals surface area (Å²) in [5.41, 5.74) is 2.08. The summed E-state index contributed by atoms with van der Waals surface area (Å²) in [6.45, 7) is 2.03. The summed E-state index contributed by atoms with van der Waals surface area (Å²) in [6, 6.07) is 8.08. The van der Waals surface area contributed by atoms with Crippen LogP contribution >= 0.6 is 15.9 Å². The molecule has 1 heterocycles. The molecule has 0 amide bonds. The molecule has 4 nitrogen and oxygen atoms in total. The van der Waals surface area contributed by atoms with Gasteiger partial charge in [0.2, 0.25) is 11.7 Å². The van der Waals surface area contributed by atoms with Gasteiger partial charge in [0.15, 0.2) is 0 Å². The van der Waals surface area contributed by atoms with E-state index < -0.39 is 0 Å². The predicted molar refractivity (Wildman–Crippen MR) is 70.7 cm³/mol. The van der Waals surface area contributed by atoms with Crippen molar-refractivity contribution in [3.8, 4) is 17.5 Å². The predicted octanol–water partition coefficient (Wildman–Crippen LogP) is 3.65. The summed E-state index contributed by atoms with van der Waals surface area (Å²) in [5, 5.41) is 12.4. The highest BCUT2D eigenvalue weighted by atomic mass is 79.9. The molecule has 2 rings (SSSR count). The Kier molecular flexibility index (Phi) is 4.11. The first-order valence-electron chi connectivity index (χ1n) is 5.67. The van der Waals surface area contributed by atoms with Crippen molar-refractivity contribution in [1.82, 2.24) is 10.1 Å². The molecule has 2 aromatic rings. The lowest BCUT2D eigenvalue weighted by molar-refractivity contribution is 0.376. The first-order chi connectivity index (χ1) is 8.70. The van der Waals surface area contributed by atoms with Crippen LogP contribution in [0.5, 0.6) is 0 Å². The minimum absolute atomic E-state index is 0.506. The lowest BCUT2D eigenvalue weighted by Crippen LogP contribution is -1.87. The molecule has 0 fully saturated rings. The molecule has 0 N–H and O–H groups in total. The Labute approximate surface area is 114 Å². The molecular weight excluding hydrogens is 294 g/mol. The largest absolute Gasteiger partial charge is 0.339 e. The van der Waals surface area contributed by atoms with E-state index in [0.29, 0.717) is 24.6 Å². The van der Waals surface area contributed by atoms with Crippen LogP contribution in [-0.2, 0) is 6.42 Å². The number of hydrogen-bond donors (Lipinski definition) is 0. The lowest BCUT2D eigenvalue weighted by atomic mass is 10.1. The highest BCUT2D eigenvalue weighted by molar-refractivity contribution is 9.10. The number of aromatic nitrogens is 2. The maximum absolute atomic E-state index is 8.47. The second kappa shape index (κ2) is 5.78. The second-order valence-corrected chi connectivity index (χ2v) is 4.86. The Morgan fingerprint density at radius 3 is 3.00 bits per heavy atom. The molecule has 0 unspecified atom stereocenters. The molecule has 92 valence electrons. The maximum Gasteiger partial charge on any atom is 0.226 e. The first-order valence-corrected chi connectivity index (χ1v) is 6.46. The highest BCUT2D eigenvalue weighted by Gasteiger charge is 2.11. The van der Waals surface area contributed by atoms with E-state index in [1.54, 1.807) is 0 Å². The van der Waals surface area contributed by atoms with E-state index in [0.717, 1.165) is 16.5 Å². The SMILES string of the molecule is Cc1ccc(-c2noc(CCCC#N)n2)c(Br)c1. The Bertz CT molecular complexity index is 586. The van der Waals surface area contributed by atoms with Crippen molar-refractivity contribution >= 4 is 15.9 Å². The maximum atomic E-state index is 8.47. The smallest absolute Gasteiger partial charge is 0.226 e. The van der Waals surface area contributed by atoms with E-state index >= 15 is 0 Å². The third-order valence-corrected chi connectivity index (χ3v) is 3.17. The van der Waals surface area contributed by atoms with Crippen LogP contribution in [0.1, 0.15) is 24.3 Å². The number of aryl methyl sites for hydroxylation is 2. The molecule has 5 heteroatoms. The molecule has 0 aliphatic rings. The molecule has 0 spiro atoms. The van der Waals surface area contributed by atoms with Crippen LogP contribution in [0.3, 0.4) is 0 Å². The Balaban J connectivity index is 2.16.